The molecule has 2 rings (SSSR count). The molecule has 98 valence electrons. The van der Waals surface area contributed by atoms with Gasteiger partial charge in [0.25, 0.3) is 0 Å². The summed E-state index contributed by atoms with van der Waals surface area (Å²) in [6.45, 7) is 4.63. The molecule has 0 aliphatic heterocycles. The van der Waals surface area contributed by atoms with Crippen molar-refractivity contribution in [1.82, 2.24) is 0 Å². The van der Waals surface area contributed by atoms with Crippen LogP contribution in [0.15, 0.2) is 47.5 Å². The molecule has 2 nitrogen and oxygen atoms in total. The Morgan fingerprint density at radius 2 is 1.89 bits per heavy atom. The SMILES string of the molecule is CCOc1ccc(Cl)cc1C=Nc1ccc(C)cc1. The van der Waals surface area contributed by atoms with Crippen LogP contribution >= 0.6 is 11.6 Å². The van der Waals surface area contributed by atoms with Crippen molar-refractivity contribution in [2.24, 2.45) is 4.99 Å². The molecule has 0 unspecified atom stereocenters. The molecule has 0 saturated heterocycles. The molecule has 0 amide bonds. The van der Waals surface area contributed by atoms with Crippen LogP contribution in [0.25, 0.3) is 0 Å². The van der Waals surface area contributed by atoms with Gasteiger partial charge in [0.05, 0.1) is 12.3 Å². The van der Waals surface area contributed by atoms with Crippen molar-refractivity contribution in [2.45, 2.75) is 13.8 Å². The van der Waals surface area contributed by atoms with Gasteiger partial charge >= 0.3 is 0 Å². The quantitative estimate of drug-likeness (QED) is 0.734. The highest BCUT2D eigenvalue weighted by molar-refractivity contribution is 6.30. The highest BCUT2D eigenvalue weighted by Crippen LogP contribution is 2.22. The van der Waals surface area contributed by atoms with Crippen LogP contribution < -0.4 is 4.74 Å². The molecule has 19 heavy (non-hydrogen) atoms. The lowest BCUT2D eigenvalue weighted by Crippen LogP contribution is -1.95. The lowest BCUT2D eigenvalue weighted by atomic mass is 10.2. The number of benzene rings is 2. The molecule has 0 aliphatic carbocycles. The summed E-state index contributed by atoms with van der Waals surface area (Å²) >= 11 is 6.00. The fourth-order valence-corrected chi connectivity index (χ4v) is 1.86. The summed E-state index contributed by atoms with van der Waals surface area (Å²) in [5.41, 5.74) is 3.01. The maximum absolute atomic E-state index is 6.00. The van der Waals surface area contributed by atoms with Crippen LogP contribution in [0.3, 0.4) is 0 Å². The van der Waals surface area contributed by atoms with E-state index in [0.29, 0.717) is 11.6 Å². The predicted molar refractivity (Wildman–Crippen MR) is 81.1 cm³/mol. The van der Waals surface area contributed by atoms with E-state index in [1.807, 2.05) is 49.4 Å². The van der Waals surface area contributed by atoms with Crippen molar-refractivity contribution in [3.05, 3.63) is 58.6 Å². The van der Waals surface area contributed by atoms with Crippen LogP contribution in [-0.2, 0) is 0 Å². The van der Waals surface area contributed by atoms with Crippen molar-refractivity contribution in [3.8, 4) is 5.75 Å². The first-order valence-electron chi connectivity index (χ1n) is 6.22. The summed E-state index contributed by atoms with van der Waals surface area (Å²) in [7, 11) is 0. The van der Waals surface area contributed by atoms with Crippen LogP contribution in [-0.4, -0.2) is 12.8 Å². The third kappa shape index (κ3) is 3.83. The normalized spacial score (nSPS) is 10.9. The molecule has 0 aromatic heterocycles. The molecule has 0 bridgehead atoms. The van der Waals surface area contributed by atoms with E-state index in [2.05, 4.69) is 11.9 Å². The average Bonchev–Trinajstić information content (AvgIpc) is 2.41. The molecule has 0 fully saturated rings. The largest absolute Gasteiger partial charge is 0.493 e. The Kier molecular flexibility index (Phi) is 4.58. The fraction of sp³-hybridized carbons (Fsp3) is 0.188. The van der Waals surface area contributed by atoms with Gasteiger partial charge in [0.15, 0.2) is 0 Å². The van der Waals surface area contributed by atoms with Crippen molar-refractivity contribution >= 4 is 23.5 Å². The molecule has 0 aliphatic rings. The number of nitrogens with zero attached hydrogens (tertiary/aromatic N) is 1. The van der Waals surface area contributed by atoms with E-state index in [9.17, 15) is 0 Å². The number of halogens is 1. The summed E-state index contributed by atoms with van der Waals surface area (Å²) in [5.74, 6) is 0.794. The van der Waals surface area contributed by atoms with E-state index in [4.69, 9.17) is 16.3 Å². The third-order valence-corrected chi connectivity index (χ3v) is 2.89. The van der Waals surface area contributed by atoms with E-state index in [0.717, 1.165) is 17.0 Å². The zero-order chi connectivity index (χ0) is 13.7. The van der Waals surface area contributed by atoms with Gasteiger partial charge in [-0.2, -0.15) is 0 Å². The minimum Gasteiger partial charge on any atom is -0.493 e. The molecule has 2 aromatic rings. The van der Waals surface area contributed by atoms with Gasteiger partial charge < -0.3 is 4.74 Å². The monoisotopic (exact) mass is 273 g/mol. The van der Waals surface area contributed by atoms with Crippen molar-refractivity contribution < 1.29 is 4.74 Å². The highest BCUT2D eigenvalue weighted by Gasteiger charge is 2.02. The number of ether oxygens (including phenoxy) is 1. The number of aryl methyl sites for hydroxylation is 1. The number of rotatable bonds is 4. The van der Waals surface area contributed by atoms with Crippen LogP contribution in [0.4, 0.5) is 5.69 Å². The number of hydrogen-bond acceptors (Lipinski definition) is 2. The topological polar surface area (TPSA) is 21.6 Å². The smallest absolute Gasteiger partial charge is 0.128 e. The molecular formula is C16H16ClNO. The van der Waals surface area contributed by atoms with E-state index in [1.165, 1.54) is 5.56 Å². The molecule has 0 N–H and O–H groups in total. The summed E-state index contributed by atoms with van der Waals surface area (Å²) in [6.07, 6.45) is 1.78. The molecular weight excluding hydrogens is 258 g/mol. The first-order chi connectivity index (χ1) is 9.19. The standard InChI is InChI=1S/C16H16ClNO/c1-3-19-16-9-6-14(17)10-13(16)11-18-15-7-4-12(2)5-8-15/h4-11H,3H2,1-2H3. The summed E-state index contributed by atoms with van der Waals surface area (Å²) in [5, 5.41) is 0.675. The maximum Gasteiger partial charge on any atom is 0.128 e. The minimum atomic E-state index is 0.618. The summed E-state index contributed by atoms with van der Waals surface area (Å²) in [6, 6.07) is 13.6. The van der Waals surface area contributed by atoms with Crippen LogP contribution in [0, 0.1) is 6.92 Å². The Morgan fingerprint density at radius 1 is 1.16 bits per heavy atom. The van der Waals surface area contributed by atoms with E-state index in [-0.39, 0.29) is 0 Å². The van der Waals surface area contributed by atoms with Gasteiger partial charge in [-0.05, 0) is 44.2 Å². The fourth-order valence-electron chi connectivity index (χ4n) is 1.68. The Balaban J connectivity index is 2.26. The molecule has 2 aromatic carbocycles. The summed E-state index contributed by atoms with van der Waals surface area (Å²) in [4.78, 5) is 4.44. The molecule has 0 atom stereocenters. The maximum atomic E-state index is 6.00. The van der Waals surface area contributed by atoms with Gasteiger partial charge in [-0.3, -0.25) is 4.99 Å². The highest BCUT2D eigenvalue weighted by atomic mass is 35.5. The van der Waals surface area contributed by atoms with Crippen LogP contribution in [0.5, 0.6) is 5.75 Å². The van der Waals surface area contributed by atoms with Gasteiger partial charge in [-0.25, -0.2) is 0 Å². The lowest BCUT2D eigenvalue weighted by Gasteiger charge is -2.06. The first-order valence-corrected chi connectivity index (χ1v) is 6.60. The second-order valence-electron chi connectivity index (χ2n) is 4.21. The zero-order valence-corrected chi connectivity index (χ0v) is 11.8. The average molecular weight is 274 g/mol. The van der Waals surface area contributed by atoms with Crippen molar-refractivity contribution in [3.63, 3.8) is 0 Å². The molecule has 3 heteroatoms. The van der Waals surface area contributed by atoms with Gasteiger partial charge in [-0.15, -0.1) is 0 Å². The molecule has 0 spiro atoms. The van der Waals surface area contributed by atoms with Gasteiger partial charge in [0, 0.05) is 16.8 Å². The number of aliphatic imine (C=N–C) groups is 1. The molecule has 0 radical (unpaired) electrons. The predicted octanol–water partition coefficient (Wildman–Crippen LogP) is 4.80. The molecule has 0 saturated carbocycles. The van der Waals surface area contributed by atoms with E-state index in [1.54, 1.807) is 6.21 Å². The Bertz CT molecular complexity index is 576. The Morgan fingerprint density at radius 3 is 2.58 bits per heavy atom. The Hall–Kier alpha value is -1.80. The van der Waals surface area contributed by atoms with Gasteiger partial charge in [0.1, 0.15) is 5.75 Å². The zero-order valence-electron chi connectivity index (χ0n) is 11.1. The van der Waals surface area contributed by atoms with Gasteiger partial charge in [0.2, 0.25) is 0 Å². The second kappa shape index (κ2) is 6.39. The van der Waals surface area contributed by atoms with Crippen molar-refractivity contribution in [1.29, 1.82) is 0 Å². The Labute approximate surface area is 118 Å². The first kappa shape index (κ1) is 13.6. The third-order valence-electron chi connectivity index (χ3n) is 2.66. The van der Waals surface area contributed by atoms with Crippen LogP contribution in [0.1, 0.15) is 18.1 Å². The van der Waals surface area contributed by atoms with E-state index >= 15 is 0 Å². The van der Waals surface area contributed by atoms with Crippen LogP contribution in [0.2, 0.25) is 5.02 Å². The number of hydrogen-bond donors (Lipinski definition) is 0. The molecule has 0 heterocycles. The minimum absolute atomic E-state index is 0.618. The summed E-state index contributed by atoms with van der Waals surface area (Å²) < 4.78 is 5.55. The lowest BCUT2D eigenvalue weighted by molar-refractivity contribution is 0.340. The second-order valence-corrected chi connectivity index (χ2v) is 4.65. The van der Waals surface area contributed by atoms with E-state index < -0.39 is 0 Å². The van der Waals surface area contributed by atoms with Crippen molar-refractivity contribution in [2.75, 3.05) is 6.61 Å². The van der Waals surface area contributed by atoms with Gasteiger partial charge in [-0.1, -0.05) is 29.3 Å².